The van der Waals surface area contributed by atoms with Crippen molar-refractivity contribution >= 4 is 8.32 Å². The second-order valence-corrected chi connectivity index (χ2v) is 10.7. The molecular weight excluding hydrogens is 254 g/mol. The van der Waals surface area contributed by atoms with E-state index in [4.69, 9.17) is 9.16 Å². The standard InChI is InChI=1S/C15H29NO2Si/c1-13(9-11-18-19(4,5)6)14(2)16-10-7-8-15(16)12-17-3/h9,15H,2,7-8,10-12H2,1,3-6H3/b13-9+/t15-/m0/s1. The number of nitrogens with zero attached hydrogens (tertiary/aromatic N) is 1. The highest BCUT2D eigenvalue weighted by Crippen LogP contribution is 2.25. The summed E-state index contributed by atoms with van der Waals surface area (Å²) < 4.78 is 11.2. The fourth-order valence-electron chi connectivity index (χ4n) is 2.32. The van der Waals surface area contributed by atoms with Gasteiger partial charge in [0, 0.05) is 19.4 Å². The van der Waals surface area contributed by atoms with Crippen LogP contribution in [0.1, 0.15) is 19.8 Å². The van der Waals surface area contributed by atoms with E-state index in [-0.39, 0.29) is 0 Å². The molecule has 3 nitrogen and oxygen atoms in total. The average Bonchev–Trinajstić information content (AvgIpc) is 2.75. The quantitative estimate of drug-likeness (QED) is 0.528. The molecule has 0 aliphatic carbocycles. The van der Waals surface area contributed by atoms with Gasteiger partial charge in [0.2, 0.25) is 0 Å². The van der Waals surface area contributed by atoms with Crippen molar-refractivity contribution in [1.29, 1.82) is 0 Å². The smallest absolute Gasteiger partial charge is 0.184 e. The highest BCUT2D eigenvalue weighted by atomic mass is 28.4. The Bertz CT molecular complexity index is 334. The number of hydrogen-bond donors (Lipinski definition) is 0. The van der Waals surface area contributed by atoms with Crippen molar-refractivity contribution in [3.8, 4) is 0 Å². The molecule has 0 saturated carbocycles. The molecule has 1 fully saturated rings. The Labute approximate surface area is 119 Å². The summed E-state index contributed by atoms with van der Waals surface area (Å²) in [5, 5.41) is 0. The third kappa shape index (κ3) is 5.51. The topological polar surface area (TPSA) is 21.7 Å². The summed E-state index contributed by atoms with van der Waals surface area (Å²) in [5.74, 6) is 0. The number of rotatable bonds is 7. The van der Waals surface area contributed by atoms with Gasteiger partial charge in [-0.05, 0) is 45.0 Å². The van der Waals surface area contributed by atoms with E-state index < -0.39 is 8.32 Å². The SMILES string of the molecule is C=C(/C(C)=C/CO[Si](C)(C)C)N1CCC[C@H]1COC. The molecular formula is C15H29NO2Si. The summed E-state index contributed by atoms with van der Waals surface area (Å²) in [6, 6.07) is 0.485. The maximum atomic E-state index is 5.87. The molecule has 0 spiro atoms. The first-order valence-electron chi connectivity index (χ1n) is 7.10. The minimum absolute atomic E-state index is 0.485. The molecule has 19 heavy (non-hydrogen) atoms. The lowest BCUT2D eigenvalue weighted by Crippen LogP contribution is -2.32. The Morgan fingerprint density at radius 1 is 1.42 bits per heavy atom. The Hall–Kier alpha value is -0.583. The first kappa shape index (κ1) is 16.5. The van der Waals surface area contributed by atoms with Crippen LogP contribution in [0, 0.1) is 0 Å². The molecule has 1 saturated heterocycles. The van der Waals surface area contributed by atoms with E-state index in [0.717, 1.165) is 18.8 Å². The second kappa shape index (κ2) is 7.27. The Morgan fingerprint density at radius 2 is 2.11 bits per heavy atom. The van der Waals surface area contributed by atoms with Crippen molar-refractivity contribution in [2.45, 2.75) is 45.4 Å². The fraction of sp³-hybridized carbons (Fsp3) is 0.733. The van der Waals surface area contributed by atoms with Crippen LogP contribution in [0.15, 0.2) is 23.9 Å². The van der Waals surface area contributed by atoms with Gasteiger partial charge in [-0.25, -0.2) is 0 Å². The maximum absolute atomic E-state index is 5.87. The van der Waals surface area contributed by atoms with Gasteiger partial charge in [-0.1, -0.05) is 12.7 Å². The first-order chi connectivity index (χ1) is 8.85. The van der Waals surface area contributed by atoms with E-state index in [1.165, 1.54) is 18.4 Å². The van der Waals surface area contributed by atoms with Gasteiger partial charge in [-0.2, -0.15) is 0 Å². The zero-order valence-electron chi connectivity index (χ0n) is 13.2. The predicted molar refractivity (Wildman–Crippen MR) is 83.8 cm³/mol. The highest BCUT2D eigenvalue weighted by molar-refractivity contribution is 6.69. The molecule has 0 aromatic heterocycles. The largest absolute Gasteiger partial charge is 0.414 e. The number of likely N-dealkylation sites (tertiary alicyclic amines) is 1. The summed E-state index contributed by atoms with van der Waals surface area (Å²) >= 11 is 0. The van der Waals surface area contributed by atoms with E-state index in [9.17, 15) is 0 Å². The highest BCUT2D eigenvalue weighted by Gasteiger charge is 2.25. The molecule has 0 radical (unpaired) electrons. The van der Waals surface area contributed by atoms with Gasteiger partial charge in [-0.3, -0.25) is 0 Å². The lowest BCUT2D eigenvalue weighted by atomic mass is 10.1. The zero-order chi connectivity index (χ0) is 14.5. The molecule has 0 N–H and O–H groups in total. The molecule has 0 aromatic carbocycles. The molecule has 1 aliphatic heterocycles. The first-order valence-corrected chi connectivity index (χ1v) is 10.5. The van der Waals surface area contributed by atoms with Crippen molar-refractivity contribution in [3.63, 3.8) is 0 Å². The molecule has 0 bridgehead atoms. The minimum Gasteiger partial charge on any atom is -0.414 e. The molecule has 1 rings (SSSR count). The van der Waals surface area contributed by atoms with Gasteiger partial charge in [0.1, 0.15) is 0 Å². The Morgan fingerprint density at radius 3 is 2.68 bits per heavy atom. The van der Waals surface area contributed by atoms with Crippen molar-refractivity contribution < 1.29 is 9.16 Å². The summed E-state index contributed by atoms with van der Waals surface area (Å²) in [5.41, 5.74) is 2.35. The number of methoxy groups -OCH3 is 1. The molecule has 110 valence electrons. The second-order valence-electron chi connectivity index (χ2n) is 6.20. The van der Waals surface area contributed by atoms with Gasteiger partial charge in [0.05, 0.1) is 19.3 Å². The third-order valence-electron chi connectivity index (χ3n) is 3.44. The van der Waals surface area contributed by atoms with Crippen LogP contribution in [0.5, 0.6) is 0 Å². The number of allylic oxidation sites excluding steroid dienone is 1. The van der Waals surface area contributed by atoms with Gasteiger partial charge < -0.3 is 14.1 Å². The molecule has 1 heterocycles. The van der Waals surface area contributed by atoms with E-state index in [1.54, 1.807) is 7.11 Å². The third-order valence-corrected chi connectivity index (χ3v) is 4.48. The number of ether oxygens (including phenoxy) is 1. The maximum Gasteiger partial charge on any atom is 0.184 e. The zero-order valence-corrected chi connectivity index (χ0v) is 14.2. The van der Waals surface area contributed by atoms with Crippen LogP contribution in [0.25, 0.3) is 0 Å². The van der Waals surface area contributed by atoms with Crippen LogP contribution in [0.3, 0.4) is 0 Å². The van der Waals surface area contributed by atoms with Crippen LogP contribution in [0.4, 0.5) is 0 Å². The van der Waals surface area contributed by atoms with E-state index >= 15 is 0 Å². The Kier molecular flexibility index (Phi) is 6.30. The van der Waals surface area contributed by atoms with E-state index in [2.05, 4.69) is 44.1 Å². The summed E-state index contributed by atoms with van der Waals surface area (Å²) in [4.78, 5) is 2.38. The van der Waals surface area contributed by atoms with Crippen LogP contribution in [-0.4, -0.2) is 46.1 Å². The van der Waals surface area contributed by atoms with Crippen molar-refractivity contribution in [2.75, 3.05) is 26.9 Å². The van der Waals surface area contributed by atoms with Gasteiger partial charge in [-0.15, -0.1) is 0 Å². The number of hydrogen-bond acceptors (Lipinski definition) is 3. The normalized spacial score (nSPS) is 21.0. The lowest BCUT2D eigenvalue weighted by molar-refractivity contribution is 0.133. The van der Waals surface area contributed by atoms with E-state index in [1.807, 2.05) is 0 Å². The van der Waals surface area contributed by atoms with Gasteiger partial charge in [0.15, 0.2) is 8.32 Å². The molecule has 1 aliphatic rings. The van der Waals surface area contributed by atoms with Crippen LogP contribution in [0.2, 0.25) is 19.6 Å². The molecule has 0 amide bonds. The van der Waals surface area contributed by atoms with E-state index in [0.29, 0.717) is 12.6 Å². The summed E-state index contributed by atoms with van der Waals surface area (Å²) in [6.07, 6.45) is 4.58. The Balaban J connectivity index is 2.53. The average molecular weight is 283 g/mol. The summed E-state index contributed by atoms with van der Waals surface area (Å²) in [7, 11) is 0.343. The van der Waals surface area contributed by atoms with Gasteiger partial charge in [0.25, 0.3) is 0 Å². The lowest BCUT2D eigenvalue weighted by Gasteiger charge is -2.28. The van der Waals surface area contributed by atoms with Crippen molar-refractivity contribution in [1.82, 2.24) is 4.90 Å². The van der Waals surface area contributed by atoms with Crippen LogP contribution in [-0.2, 0) is 9.16 Å². The monoisotopic (exact) mass is 283 g/mol. The molecule has 4 heteroatoms. The van der Waals surface area contributed by atoms with Gasteiger partial charge >= 0.3 is 0 Å². The summed E-state index contributed by atoms with van der Waals surface area (Å²) in [6.45, 7) is 15.6. The minimum atomic E-state index is -1.42. The van der Waals surface area contributed by atoms with Crippen molar-refractivity contribution in [2.24, 2.45) is 0 Å². The van der Waals surface area contributed by atoms with Crippen LogP contribution < -0.4 is 0 Å². The fourth-order valence-corrected chi connectivity index (χ4v) is 2.90. The molecule has 1 atom stereocenters. The molecule has 0 unspecified atom stereocenters. The van der Waals surface area contributed by atoms with Crippen molar-refractivity contribution in [3.05, 3.63) is 23.9 Å². The van der Waals surface area contributed by atoms with Crippen LogP contribution >= 0.6 is 0 Å². The molecule has 0 aromatic rings. The predicted octanol–water partition coefficient (Wildman–Crippen LogP) is 3.41.